The van der Waals surface area contributed by atoms with Crippen molar-refractivity contribution in [3.05, 3.63) is 35.4 Å². The molecule has 0 saturated carbocycles. The Kier molecular flexibility index (Phi) is 6.04. The lowest BCUT2D eigenvalue weighted by molar-refractivity contribution is -0.137. The number of benzene rings is 1. The molecule has 0 aromatic heterocycles. The minimum atomic E-state index is -4.36. The highest BCUT2D eigenvalue weighted by Gasteiger charge is 2.30. The van der Waals surface area contributed by atoms with E-state index in [1.807, 2.05) is 0 Å². The maximum absolute atomic E-state index is 12.6. The van der Waals surface area contributed by atoms with Crippen LogP contribution in [0.2, 0.25) is 0 Å². The summed E-state index contributed by atoms with van der Waals surface area (Å²) in [6, 6.07) is 4.88. The van der Waals surface area contributed by atoms with Crippen molar-refractivity contribution in [3.8, 4) is 0 Å². The predicted octanol–water partition coefficient (Wildman–Crippen LogP) is 2.84. The summed E-state index contributed by atoms with van der Waals surface area (Å²) in [4.78, 5) is 13.5. The van der Waals surface area contributed by atoms with Crippen LogP contribution in [-0.4, -0.2) is 30.4 Å². The largest absolute Gasteiger partial charge is 0.416 e. The Morgan fingerprint density at radius 1 is 1.43 bits per heavy atom. The number of nitrogens with one attached hydrogen (secondary N) is 1. The number of amides is 1. The van der Waals surface area contributed by atoms with Crippen molar-refractivity contribution in [1.29, 1.82) is 0 Å². The van der Waals surface area contributed by atoms with Crippen LogP contribution in [0.1, 0.15) is 24.0 Å². The monoisotopic (exact) mass is 322 g/mol. The van der Waals surface area contributed by atoms with Gasteiger partial charge in [0.15, 0.2) is 0 Å². The molecule has 0 radical (unpaired) electrons. The summed E-state index contributed by atoms with van der Waals surface area (Å²) < 4.78 is 37.9. The Hall–Kier alpha value is -1.27. The second-order valence-corrected chi connectivity index (χ2v) is 5.04. The van der Waals surface area contributed by atoms with E-state index >= 15 is 0 Å². The minimum Gasteiger partial charge on any atom is -0.340 e. The number of rotatable bonds is 3. The quantitative estimate of drug-likeness (QED) is 0.928. The minimum absolute atomic E-state index is 0. The van der Waals surface area contributed by atoms with Crippen molar-refractivity contribution in [2.75, 3.05) is 13.6 Å². The normalized spacial score (nSPS) is 18.2. The Morgan fingerprint density at radius 3 is 2.71 bits per heavy atom. The molecule has 1 amide bonds. The number of nitrogens with zero attached hydrogens (tertiary/aromatic N) is 1. The van der Waals surface area contributed by atoms with Crippen molar-refractivity contribution in [1.82, 2.24) is 10.2 Å². The molecule has 3 nitrogen and oxygen atoms in total. The number of carbonyl (C=O) groups excluding carboxylic acids is 1. The summed E-state index contributed by atoms with van der Waals surface area (Å²) >= 11 is 0. The zero-order valence-electron chi connectivity index (χ0n) is 11.6. The summed E-state index contributed by atoms with van der Waals surface area (Å²) in [5.41, 5.74) is -0.205. The van der Waals surface area contributed by atoms with Crippen LogP contribution in [0.3, 0.4) is 0 Å². The lowest BCUT2D eigenvalue weighted by atomic mass is 10.1. The summed E-state index contributed by atoms with van der Waals surface area (Å²) in [5, 5.41) is 3.09. The number of hydrogen-bond donors (Lipinski definition) is 1. The van der Waals surface area contributed by atoms with Gasteiger partial charge in [-0.2, -0.15) is 13.2 Å². The van der Waals surface area contributed by atoms with Crippen molar-refractivity contribution in [2.45, 2.75) is 31.6 Å². The number of hydrogen-bond acceptors (Lipinski definition) is 2. The van der Waals surface area contributed by atoms with Crippen LogP contribution in [0.4, 0.5) is 13.2 Å². The van der Waals surface area contributed by atoms with Gasteiger partial charge in [-0.15, -0.1) is 12.4 Å². The van der Waals surface area contributed by atoms with Crippen LogP contribution in [0, 0.1) is 0 Å². The molecule has 0 bridgehead atoms. The van der Waals surface area contributed by atoms with Gasteiger partial charge >= 0.3 is 6.18 Å². The molecule has 1 aromatic carbocycles. The molecule has 1 aromatic rings. The maximum atomic E-state index is 12.6. The van der Waals surface area contributed by atoms with Crippen molar-refractivity contribution < 1.29 is 18.0 Å². The van der Waals surface area contributed by atoms with E-state index in [0.717, 1.165) is 31.5 Å². The number of carbonyl (C=O) groups is 1. The molecule has 118 valence electrons. The fourth-order valence-electron chi connectivity index (χ4n) is 2.36. The van der Waals surface area contributed by atoms with E-state index in [1.54, 1.807) is 13.1 Å². The third-order valence-corrected chi connectivity index (χ3v) is 3.41. The van der Waals surface area contributed by atoms with Crippen LogP contribution in [-0.2, 0) is 17.5 Å². The first-order valence-electron chi connectivity index (χ1n) is 6.52. The summed E-state index contributed by atoms with van der Waals surface area (Å²) in [6.45, 7) is 0.995. The van der Waals surface area contributed by atoms with E-state index in [0.29, 0.717) is 5.56 Å². The van der Waals surface area contributed by atoms with Gasteiger partial charge in [-0.1, -0.05) is 12.1 Å². The van der Waals surface area contributed by atoms with E-state index in [-0.39, 0.29) is 30.9 Å². The molecule has 2 rings (SSSR count). The summed E-state index contributed by atoms with van der Waals surface area (Å²) in [6.07, 6.45) is -2.62. The van der Waals surface area contributed by atoms with Gasteiger partial charge in [0.25, 0.3) is 0 Å². The SMILES string of the molecule is CN(Cc1cccc(C(F)(F)F)c1)C(=O)C1CCCN1.Cl. The Labute approximate surface area is 127 Å². The molecule has 21 heavy (non-hydrogen) atoms. The molecule has 0 spiro atoms. The van der Waals surface area contributed by atoms with Gasteiger partial charge in [-0.05, 0) is 37.1 Å². The zero-order valence-corrected chi connectivity index (χ0v) is 12.4. The van der Waals surface area contributed by atoms with Crippen LogP contribution in [0.5, 0.6) is 0 Å². The Morgan fingerprint density at radius 2 is 2.14 bits per heavy atom. The van der Waals surface area contributed by atoms with E-state index < -0.39 is 11.7 Å². The van der Waals surface area contributed by atoms with Gasteiger partial charge < -0.3 is 10.2 Å². The Bertz CT molecular complexity index is 487. The van der Waals surface area contributed by atoms with Gasteiger partial charge in [0.1, 0.15) is 0 Å². The van der Waals surface area contributed by atoms with Gasteiger partial charge in [-0.3, -0.25) is 4.79 Å². The maximum Gasteiger partial charge on any atom is 0.416 e. The van der Waals surface area contributed by atoms with E-state index in [2.05, 4.69) is 5.32 Å². The fourth-order valence-corrected chi connectivity index (χ4v) is 2.36. The lowest BCUT2D eigenvalue weighted by Gasteiger charge is -2.21. The van der Waals surface area contributed by atoms with Gasteiger partial charge in [0, 0.05) is 13.6 Å². The summed E-state index contributed by atoms with van der Waals surface area (Å²) in [5.74, 6) is -0.0695. The summed E-state index contributed by atoms with van der Waals surface area (Å²) in [7, 11) is 1.61. The first-order chi connectivity index (χ1) is 9.38. The molecule has 1 unspecified atom stereocenters. The second-order valence-electron chi connectivity index (χ2n) is 5.04. The van der Waals surface area contributed by atoms with Gasteiger partial charge in [0.05, 0.1) is 11.6 Å². The molecule has 1 saturated heterocycles. The highest BCUT2D eigenvalue weighted by molar-refractivity contribution is 5.85. The van der Waals surface area contributed by atoms with E-state index in [4.69, 9.17) is 0 Å². The molecule has 1 fully saturated rings. The van der Waals surface area contributed by atoms with E-state index in [1.165, 1.54) is 11.0 Å². The smallest absolute Gasteiger partial charge is 0.340 e. The molecule has 1 aliphatic heterocycles. The standard InChI is InChI=1S/C14H17F3N2O.ClH/c1-19(13(20)12-6-3-7-18-12)9-10-4-2-5-11(8-10)14(15,16)17;/h2,4-5,8,12,18H,3,6-7,9H2,1H3;1H. The molecule has 1 heterocycles. The molecule has 1 aliphatic rings. The van der Waals surface area contributed by atoms with Crippen molar-refractivity contribution >= 4 is 18.3 Å². The topological polar surface area (TPSA) is 32.3 Å². The number of likely N-dealkylation sites (N-methyl/N-ethyl adjacent to an activating group) is 1. The van der Waals surface area contributed by atoms with E-state index in [9.17, 15) is 18.0 Å². The third-order valence-electron chi connectivity index (χ3n) is 3.41. The number of halogens is 4. The lowest BCUT2D eigenvalue weighted by Crippen LogP contribution is -2.41. The van der Waals surface area contributed by atoms with Crippen LogP contribution in [0.15, 0.2) is 24.3 Å². The highest BCUT2D eigenvalue weighted by Crippen LogP contribution is 2.29. The first kappa shape index (κ1) is 17.8. The molecule has 1 N–H and O–H groups in total. The van der Waals surface area contributed by atoms with Crippen molar-refractivity contribution in [2.24, 2.45) is 0 Å². The number of alkyl halides is 3. The molecular weight excluding hydrogens is 305 g/mol. The molecular formula is C14H18ClF3N2O. The average Bonchev–Trinajstić information content (AvgIpc) is 2.91. The molecule has 0 aliphatic carbocycles. The van der Waals surface area contributed by atoms with Crippen LogP contribution < -0.4 is 5.32 Å². The fraction of sp³-hybridized carbons (Fsp3) is 0.500. The van der Waals surface area contributed by atoms with Gasteiger partial charge in [-0.25, -0.2) is 0 Å². The Balaban J connectivity index is 0.00000220. The molecule has 7 heteroatoms. The molecule has 1 atom stereocenters. The average molecular weight is 323 g/mol. The highest BCUT2D eigenvalue weighted by atomic mass is 35.5. The first-order valence-corrected chi connectivity index (χ1v) is 6.52. The third kappa shape index (κ3) is 4.61. The van der Waals surface area contributed by atoms with Crippen molar-refractivity contribution in [3.63, 3.8) is 0 Å². The van der Waals surface area contributed by atoms with Gasteiger partial charge in [0.2, 0.25) is 5.91 Å². The zero-order chi connectivity index (χ0) is 14.8. The van der Waals surface area contributed by atoms with Crippen LogP contribution in [0.25, 0.3) is 0 Å². The predicted molar refractivity (Wildman–Crippen MR) is 76.2 cm³/mol. The second kappa shape index (κ2) is 7.13. The van der Waals surface area contributed by atoms with Crippen LogP contribution >= 0.6 is 12.4 Å².